The summed E-state index contributed by atoms with van der Waals surface area (Å²) in [6, 6.07) is 10.8. The van der Waals surface area contributed by atoms with Gasteiger partial charge in [-0.25, -0.2) is 0 Å². The first-order valence-electron chi connectivity index (χ1n) is 7.48. The van der Waals surface area contributed by atoms with E-state index in [-0.39, 0.29) is 11.7 Å². The summed E-state index contributed by atoms with van der Waals surface area (Å²) in [5.74, 6) is 2.61. The highest BCUT2D eigenvalue weighted by Crippen LogP contribution is 2.32. The molecule has 0 fully saturated rings. The zero-order valence-corrected chi connectivity index (χ0v) is 15.4. The molecule has 0 saturated heterocycles. The van der Waals surface area contributed by atoms with E-state index in [2.05, 4.69) is 5.32 Å². The zero-order valence-electron chi connectivity index (χ0n) is 14.6. The summed E-state index contributed by atoms with van der Waals surface area (Å²) in [4.78, 5) is 13.1. The maximum atomic E-state index is 12.2. The summed E-state index contributed by atoms with van der Waals surface area (Å²) in [5, 5.41) is 2.84. The predicted molar refractivity (Wildman–Crippen MR) is 98.4 cm³/mol. The van der Waals surface area contributed by atoms with Crippen LogP contribution < -0.4 is 24.3 Å². The molecule has 0 aromatic heterocycles. The summed E-state index contributed by atoms with van der Waals surface area (Å²) in [7, 11) is 6.28. The van der Waals surface area contributed by atoms with Crippen molar-refractivity contribution in [3.63, 3.8) is 0 Å². The molecule has 7 heteroatoms. The highest BCUT2D eigenvalue weighted by atomic mass is 32.2. The summed E-state index contributed by atoms with van der Waals surface area (Å²) >= 11 is 1.40. The van der Waals surface area contributed by atoms with E-state index < -0.39 is 0 Å². The van der Waals surface area contributed by atoms with Crippen molar-refractivity contribution in [1.29, 1.82) is 0 Å². The van der Waals surface area contributed by atoms with E-state index in [9.17, 15) is 4.79 Å². The highest BCUT2D eigenvalue weighted by Gasteiger charge is 2.11. The van der Waals surface area contributed by atoms with Gasteiger partial charge in [-0.15, -0.1) is 11.8 Å². The molecule has 6 nitrogen and oxygen atoms in total. The molecule has 134 valence electrons. The molecule has 0 aliphatic carbocycles. The first-order chi connectivity index (χ1) is 12.1. The molecule has 0 saturated carbocycles. The first-order valence-corrected chi connectivity index (χ1v) is 8.46. The molecular weight excluding hydrogens is 342 g/mol. The molecule has 2 rings (SSSR count). The van der Waals surface area contributed by atoms with Crippen molar-refractivity contribution < 1.29 is 23.7 Å². The largest absolute Gasteiger partial charge is 0.497 e. The van der Waals surface area contributed by atoms with Crippen molar-refractivity contribution in [2.45, 2.75) is 4.90 Å². The Kier molecular flexibility index (Phi) is 6.82. The van der Waals surface area contributed by atoms with E-state index in [1.54, 1.807) is 46.6 Å². The molecule has 0 radical (unpaired) electrons. The molecule has 2 aromatic rings. The van der Waals surface area contributed by atoms with Crippen LogP contribution in [0.2, 0.25) is 0 Å². The molecule has 0 aliphatic heterocycles. The van der Waals surface area contributed by atoms with Gasteiger partial charge in [0.15, 0.2) is 11.5 Å². The number of methoxy groups -OCH3 is 4. The van der Waals surface area contributed by atoms with Crippen LogP contribution in [0.5, 0.6) is 23.0 Å². The third-order valence-electron chi connectivity index (χ3n) is 3.41. The fourth-order valence-electron chi connectivity index (χ4n) is 2.14. The quantitative estimate of drug-likeness (QED) is 0.725. The van der Waals surface area contributed by atoms with Crippen LogP contribution in [0.3, 0.4) is 0 Å². The van der Waals surface area contributed by atoms with Crippen molar-refractivity contribution in [2.75, 3.05) is 39.5 Å². The molecule has 0 atom stereocenters. The molecule has 0 aliphatic rings. The lowest BCUT2D eigenvalue weighted by Crippen LogP contribution is -2.14. The minimum atomic E-state index is -0.136. The van der Waals surface area contributed by atoms with E-state index in [1.165, 1.54) is 11.8 Å². The zero-order chi connectivity index (χ0) is 18.2. The average molecular weight is 363 g/mol. The van der Waals surface area contributed by atoms with Crippen molar-refractivity contribution >= 4 is 23.4 Å². The van der Waals surface area contributed by atoms with Gasteiger partial charge in [0.05, 0.1) is 39.9 Å². The number of nitrogens with one attached hydrogen (secondary N) is 1. The Hall–Kier alpha value is -2.54. The Labute approximate surface area is 151 Å². The maximum absolute atomic E-state index is 12.2. The van der Waals surface area contributed by atoms with Gasteiger partial charge in [0.25, 0.3) is 0 Å². The Balaban J connectivity index is 1.99. The normalized spacial score (nSPS) is 10.1. The topological polar surface area (TPSA) is 66.0 Å². The second-order valence-electron chi connectivity index (χ2n) is 4.92. The van der Waals surface area contributed by atoms with E-state index in [1.807, 2.05) is 18.2 Å². The lowest BCUT2D eigenvalue weighted by molar-refractivity contribution is -0.113. The van der Waals surface area contributed by atoms with Crippen LogP contribution >= 0.6 is 11.8 Å². The van der Waals surface area contributed by atoms with Crippen LogP contribution in [-0.4, -0.2) is 40.1 Å². The molecule has 0 bridgehead atoms. The van der Waals surface area contributed by atoms with E-state index in [4.69, 9.17) is 18.9 Å². The molecule has 1 N–H and O–H groups in total. The van der Waals surface area contributed by atoms with Crippen LogP contribution in [0.1, 0.15) is 0 Å². The molecule has 0 heterocycles. The van der Waals surface area contributed by atoms with E-state index >= 15 is 0 Å². The number of benzene rings is 2. The lowest BCUT2D eigenvalue weighted by Gasteiger charge is -2.12. The van der Waals surface area contributed by atoms with Crippen LogP contribution in [0.15, 0.2) is 41.3 Å². The molecule has 1 amide bonds. The molecule has 0 unspecified atom stereocenters. The van der Waals surface area contributed by atoms with Crippen LogP contribution in [-0.2, 0) is 4.79 Å². The molecule has 25 heavy (non-hydrogen) atoms. The summed E-state index contributed by atoms with van der Waals surface area (Å²) in [5.41, 5.74) is 0.598. The highest BCUT2D eigenvalue weighted by molar-refractivity contribution is 8.00. The number of amides is 1. The van der Waals surface area contributed by atoms with Gasteiger partial charge in [-0.1, -0.05) is 0 Å². The van der Waals surface area contributed by atoms with Crippen molar-refractivity contribution in [3.05, 3.63) is 36.4 Å². The Morgan fingerprint density at radius 1 is 0.880 bits per heavy atom. The number of rotatable bonds is 8. The maximum Gasteiger partial charge on any atom is 0.234 e. The third-order valence-corrected chi connectivity index (χ3v) is 4.40. The van der Waals surface area contributed by atoms with Gasteiger partial charge in [-0.3, -0.25) is 4.79 Å². The number of anilines is 1. The number of carbonyl (C=O) groups is 1. The molecule has 2 aromatic carbocycles. The second-order valence-corrected chi connectivity index (χ2v) is 5.97. The SMILES string of the molecule is COc1ccc(NC(=O)CSc2ccc(OC)c(OC)c2)c(OC)c1. The van der Waals surface area contributed by atoms with Gasteiger partial charge in [-0.05, 0) is 30.3 Å². The van der Waals surface area contributed by atoms with Crippen LogP contribution in [0.4, 0.5) is 5.69 Å². The monoisotopic (exact) mass is 363 g/mol. The first kappa shape index (κ1) is 18.8. The second kappa shape index (κ2) is 9.08. The number of ether oxygens (including phenoxy) is 4. The van der Waals surface area contributed by atoms with Gasteiger partial charge in [0, 0.05) is 11.0 Å². The van der Waals surface area contributed by atoms with Crippen molar-refractivity contribution in [3.8, 4) is 23.0 Å². The fraction of sp³-hybridized carbons (Fsp3) is 0.278. The van der Waals surface area contributed by atoms with E-state index in [0.717, 1.165) is 4.90 Å². The molecule has 0 spiro atoms. The summed E-state index contributed by atoms with van der Waals surface area (Å²) in [6.07, 6.45) is 0. The average Bonchev–Trinajstić information content (AvgIpc) is 2.66. The Morgan fingerprint density at radius 2 is 1.60 bits per heavy atom. The van der Waals surface area contributed by atoms with Gasteiger partial charge in [0.1, 0.15) is 11.5 Å². The predicted octanol–water partition coefficient (Wildman–Crippen LogP) is 3.45. The van der Waals surface area contributed by atoms with Gasteiger partial charge in [-0.2, -0.15) is 0 Å². The fourth-order valence-corrected chi connectivity index (χ4v) is 2.87. The summed E-state index contributed by atoms with van der Waals surface area (Å²) in [6.45, 7) is 0. The third kappa shape index (κ3) is 4.96. The number of carbonyl (C=O) groups excluding carboxylic acids is 1. The number of hydrogen-bond acceptors (Lipinski definition) is 6. The van der Waals surface area contributed by atoms with Crippen LogP contribution in [0, 0.1) is 0 Å². The number of thioether (sulfide) groups is 1. The number of hydrogen-bond donors (Lipinski definition) is 1. The molecular formula is C18H21NO5S. The lowest BCUT2D eigenvalue weighted by atomic mass is 10.2. The minimum Gasteiger partial charge on any atom is -0.497 e. The smallest absolute Gasteiger partial charge is 0.234 e. The van der Waals surface area contributed by atoms with Gasteiger partial charge >= 0.3 is 0 Å². The Morgan fingerprint density at radius 3 is 2.24 bits per heavy atom. The minimum absolute atomic E-state index is 0.136. The van der Waals surface area contributed by atoms with Crippen molar-refractivity contribution in [2.24, 2.45) is 0 Å². The van der Waals surface area contributed by atoms with Gasteiger partial charge in [0.2, 0.25) is 5.91 Å². The van der Waals surface area contributed by atoms with E-state index in [0.29, 0.717) is 28.7 Å². The van der Waals surface area contributed by atoms with Gasteiger partial charge < -0.3 is 24.3 Å². The van der Waals surface area contributed by atoms with Crippen LogP contribution in [0.25, 0.3) is 0 Å². The summed E-state index contributed by atoms with van der Waals surface area (Å²) < 4.78 is 20.9. The van der Waals surface area contributed by atoms with Crippen molar-refractivity contribution in [1.82, 2.24) is 0 Å². The Bertz CT molecular complexity index is 735. The standard InChI is InChI=1S/C18H21NO5S/c1-21-12-5-7-14(16(9-12)23-3)19-18(20)11-25-13-6-8-15(22-2)17(10-13)24-4/h5-10H,11H2,1-4H3,(H,19,20).